The van der Waals surface area contributed by atoms with Gasteiger partial charge >= 0.3 is 0 Å². The molecule has 21 heavy (non-hydrogen) atoms. The van der Waals surface area contributed by atoms with E-state index >= 15 is 0 Å². The summed E-state index contributed by atoms with van der Waals surface area (Å²) in [5, 5.41) is 3.86. The zero-order valence-corrected chi connectivity index (χ0v) is 11.7. The molecule has 5 nitrogen and oxygen atoms in total. The van der Waals surface area contributed by atoms with Crippen molar-refractivity contribution in [2.45, 2.75) is 0 Å². The highest BCUT2D eigenvalue weighted by Gasteiger charge is 2.05. The lowest BCUT2D eigenvalue weighted by molar-refractivity contribution is -0.123. The molecular formula is C16H16N2O3. The van der Waals surface area contributed by atoms with Gasteiger partial charge in [-0.15, -0.1) is 0 Å². The monoisotopic (exact) mass is 284 g/mol. The van der Waals surface area contributed by atoms with Gasteiger partial charge in [0.2, 0.25) is 0 Å². The molecule has 2 rings (SSSR count). The summed E-state index contributed by atoms with van der Waals surface area (Å²) in [4.78, 5) is 11.6. The summed E-state index contributed by atoms with van der Waals surface area (Å²) in [5.41, 5.74) is 3.31. The first-order valence-electron chi connectivity index (χ1n) is 6.42. The molecule has 5 heteroatoms. The molecule has 0 aliphatic carbocycles. The Morgan fingerprint density at radius 3 is 2.48 bits per heavy atom. The van der Waals surface area contributed by atoms with Crippen LogP contribution in [0.15, 0.2) is 59.7 Å². The molecule has 0 unspecified atom stereocenters. The van der Waals surface area contributed by atoms with Gasteiger partial charge < -0.3 is 9.47 Å². The van der Waals surface area contributed by atoms with Gasteiger partial charge in [0, 0.05) is 0 Å². The summed E-state index contributed by atoms with van der Waals surface area (Å²) in [6.45, 7) is -0.132. The van der Waals surface area contributed by atoms with Crippen molar-refractivity contribution in [3.05, 3.63) is 60.2 Å². The minimum atomic E-state index is -0.340. The smallest absolute Gasteiger partial charge is 0.277 e. The summed E-state index contributed by atoms with van der Waals surface area (Å²) in [6.07, 6.45) is 1.57. The van der Waals surface area contributed by atoms with E-state index in [1.165, 1.54) is 0 Å². The van der Waals surface area contributed by atoms with E-state index in [4.69, 9.17) is 9.47 Å². The van der Waals surface area contributed by atoms with Gasteiger partial charge in [-0.05, 0) is 17.7 Å². The number of benzene rings is 2. The van der Waals surface area contributed by atoms with E-state index in [0.29, 0.717) is 11.5 Å². The lowest BCUT2D eigenvalue weighted by atomic mass is 10.2. The highest BCUT2D eigenvalue weighted by Crippen LogP contribution is 2.25. The Balaban J connectivity index is 1.81. The van der Waals surface area contributed by atoms with Gasteiger partial charge in [-0.25, -0.2) is 5.43 Å². The quantitative estimate of drug-likeness (QED) is 0.653. The minimum absolute atomic E-state index is 0.132. The highest BCUT2D eigenvalue weighted by atomic mass is 16.5. The molecule has 0 spiro atoms. The number of ether oxygens (including phenoxy) is 2. The number of nitrogens with one attached hydrogen (secondary N) is 1. The van der Waals surface area contributed by atoms with Crippen LogP contribution in [0.25, 0.3) is 0 Å². The van der Waals surface area contributed by atoms with Crippen molar-refractivity contribution in [3.63, 3.8) is 0 Å². The summed E-state index contributed by atoms with van der Waals surface area (Å²) < 4.78 is 10.5. The number of para-hydroxylation sites is 2. The number of hydrazone groups is 1. The Hall–Kier alpha value is -2.82. The Morgan fingerprint density at radius 1 is 1.10 bits per heavy atom. The number of amides is 1. The summed E-state index contributed by atoms with van der Waals surface area (Å²) in [5.74, 6) is 0.758. The first-order valence-corrected chi connectivity index (χ1v) is 6.42. The number of carbonyl (C=O) groups excluding carboxylic acids is 1. The highest BCUT2D eigenvalue weighted by molar-refractivity contribution is 5.82. The number of nitrogens with zero attached hydrogens (tertiary/aromatic N) is 1. The Bertz CT molecular complexity index is 612. The molecule has 0 fully saturated rings. The largest absolute Gasteiger partial charge is 0.493 e. The molecule has 0 saturated carbocycles. The van der Waals surface area contributed by atoms with Crippen molar-refractivity contribution in [2.75, 3.05) is 13.7 Å². The fourth-order valence-electron chi connectivity index (χ4n) is 1.63. The third-order valence-corrected chi connectivity index (χ3v) is 2.63. The van der Waals surface area contributed by atoms with Gasteiger partial charge in [0.25, 0.3) is 5.91 Å². The van der Waals surface area contributed by atoms with Crippen LogP contribution in [0.3, 0.4) is 0 Å². The van der Waals surface area contributed by atoms with Crippen LogP contribution in [-0.2, 0) is 4.79 Å². The van der Waals surface area contributed by atoms with Crippen molar-refractivity contribution >= 4 is 12.1 Å². The molecule has 0 heterocycles. The van der Waals surface area contributed by atoms with E-state index < -0.39 is 0 Å². The fraction of sp³-hybridized carbons (Fsp3) is 0.125. The van der Waals surface area contributed by atoms with Crippen LogP contribution in [0.2, 0.25) is 0 Å². The standard InChI is InChI=1S/C16H16N2O3/c1-20-14-9-5-6-10-15(14)21-12-16(19)18-17-11-13-7-3-2-4-8-13/h2-11H,12H2,1H3,(H,18,19)/b17-11+. The Morgan fingerprint density at radius 2 is 1.76 bits per heavy atom. The second-order valence-corrected chi connectivity index (χ2v) is 4.14. The van der Waals surface area contributed by atoms with Gasteiger partial charge in [-0.2, -0.15) is 5.10 Å². The molecule has 0 atom stereocenters. The maximum atomic E-state index is 11.6. The van der Waals surface area contributed by atoms with Gasteiger partial charge in [-0.3, -0.25) is 4.79 Å². The SMILES string of the molecule is COc1ccccc1OCC(=O)N/N=C/c1ccccc1. The van der Waals surface area contributed by atoms with Gasteiger partial charge in [0.1, 0.15) is 0 Å². The zero-order valence-electron chi connectivity index (χ0n) is 11.7. The molecule has 0 saturated heterocycles. The van der Waals surface area contributed by atoms with E-state index in [0.717, 1.165) is 5.56 Å². The number of rotatable bonds is 6. The van der Waals surface area contributed by atoms with Crippen molar-refractivity contribution < 1.29 is 14.3 Å². The molecule has 1 N–H and O–H groups in total. The first-order chi connectivity index (χ1) is 10.3. The molecular weight excluding hydrogens is 268 g/mol. The van der Waals surface area contributed by atoms with E-state index in [1.54, 1.807) is 25.5 Å². The summed E-state index contributed by atoms with van der Waals surface area (Å²) >= 11 is 0. The van der Waals surface area contributed by atoms with Gasteiger partial charge in [0.15, 0.2) is 18.1 Å². The predicted molar refractivity (Wildman–Crippen MR) is 80.7 cm³/mol. The third kappa shape index (κ3) is 4.65. The molecule has 1 amide bonds. The van der Waals surface area contributed by atoms with E-state index in [9.17, 15) is 4.79 Å². The molecule has 0 aliphatic heterocycles. The van der Waals surface area contributed by atoms with Crippen molar-refractivity contribution in [1.29, 1.82) is 0 Å². The molecule has 0 aliphatic rings. The van der Waals surface area contributed by atoms with Crippen molar-refractivity contribution in [3.8, 4) is 11.5 Å². The maximum absolute atomic E-state index is 11.6. The topological polar surface area (TPSA) is 59.9 Å². The number of hydrogen-bond acceptors (Lipinski definition) is 4. The summed E-state index contributed by atoms with van der Waals surface area (Å²) in [6, 6.07) is 16.6. The normalized spacial score (nSPS) is 10.3. The molecule has 108 valence electrons. The third-order valence-electron chi connectivity index (χ3n) is 2.63. The Kier molecular flexibility index (Phi) is 5.34. The van der Waals surface area contributed by atoms with Crippen LogP contribution < -0.4 is 14.9 Å². The Labute approximate surface area is 123 Å². The average molecular weight is 284 g/mol. The number of carbonyl (C=O) groups is 1. The van der Waals surface area contributed by atoms with E-state index in [2.05, 4.69) is 10.5 Å². The second-order valence-electron chi connectivity index (χ2n) is 4.14. The van der Waals surface area contributed by atoms with Crippen LogP contribution in [0.4, 0.5) is 0 Å². The van der Waals surface area contributed by atoms with Crippen LogP contribution in [0.1, 0.15) is 5.56 Å². The predicted octanol–water partition coefficient (Wildman–Crippen LogP) is 2.22. The lowest BCUT2D eigenvalue weighted by Gasteiger charge is -2.09. The molecule has 2 aromatic rings. The molecule has 0 aromatic heterocycles. The molecule has 0 bridgehead atoms. The first kappa shape index (κ1) is 14.6. The van der Waals surface area contributed by atoms with Crippen molar-refractivity contribution in [1.82, 2.24) is 5.43 Å². The van der Waals surface area contributed by atoms with Crippen LogP contribution in [0, 0.1) is 0 Å². The van der Waals surface area contributed by atoms with E-state index in [1.807, 2.05) is 42.5 Å². The maximum Gasteiger partial charge on any atom is 0.277 e. The van der Waals surface area contributed by atoms with Gasteiger partial charge in [-0.1, -0.05) is 42.5 Å². The van der Waals surface area contributed by atoms with E-state index in [-0.39, 0.29) is 12.5 Å². The second kappa shape index (κ2) is 7.69. The fourth-order valence-corrected chi connectivity index (χ4v) is 1.63. The number of hydrogen-bond donors (Lipinski definition) is 1. The van der Waals surface area contributed by atoms with Crippen LogP contribution >= 0.6 is 0 Å². The van der Waals surface area contributed by atoms with Crippen LogP contribution in [-0.4, -0.2) is 25.8 Å². The van der Waals surface area contributed by atoms with Crippen LogP contribution in [0.5, 0.6) is 11.5 Å². The zero-order chi connectivity index (χ0) is 14.9. The lowest BCUT2D eigenvalue weighted by Crippen LogP contribution is -2.24. The summed E-state index contributed by atoms with van der Waals surface area (Å²) in [7, 11) is 1.55. The van der Waals surface area contributed by atoms with Gasteiger partial charge in [0.05, 0.1) is 13.3 Å². The molecule has 2 aromatic carbocycles. The number of methoxy groups -OCH3 is 1. The average Bonchev–Trinajstić information content (AvgIpc) is 2.54. The minimum Gasteiger partial charge on any atom is -0.493 e. The molecule has 0 radical (unpaired) electrons. The van der Waals surface area contributed by atoms with Crippen molar-refractivity contribution in [2.24, 2.45) is 5.10 Å².